The molecule has 1 aromatic carbocycles. The summed E-state index contributed by atoms with van der Waals surface area (Å²) in [7, 11) is 0. The van der Waals surface area contributed by atoms with E-state index in [9.17, 15) is 4.79 Å². The molecular formula is C15H13ClN2OS. The third-order valence-electron chi connectivity index (χ3n) is 3.39. The molecule has 0 atom stereocenters. The molecule has 0 aliphatic carbocycles. The van der Waals surface area contributed by atoms with Crippen LogP contribution in [-0.2, 0) is 6.42 Å². The molecule has 0 spiro atoms. The van der Waals surface area contributed by atoms with Gasteiger partial charge in [0.05, 0.1) is 11.9 Å². The number of carbonyl (C=O) groups excluding carboxylic acids is 1. The van der Waals surface area contributed by atoms with Crippen LogP contribution in [0.2, 0.25) is 5.02 Å². The van der Waals surface area contributed by atoms with Crippen molar-refractivity contribution in [3.8, 4) is 0 Å². The van der Waals surface area contributed by atoms with Gasteiger partial charge in [-0.1, -0.05) is 11.6 Å². The summed E-state index contributed by atoms with van der Waals surface area (Å²) in [6.07, 6.45) is 6.34. The standard InChI is InChI=1S/C15H13ClN2OS/c1-20-13-7-12(8-17-9-13)18-5-4-10-6-11(16)2-3-14(10)15(18)19/h2-3,6-9H,4-5H2,1H3. The number of benzene rings is 1. The van der Waals surface area contributed by atoms with Crippen LogP contribution < -0.4 is 4.90 Å². The zero-order valence-electron chi connectivity index (χ0n) is 11.0. The molecule has 0 saturated heterocycles. The second-order valence-corrected chi connectivity index (χ2v) is 5.91. The van der Waals surface area contributed by atoms with E-state index in [1.807, 2.05) is 18.4 Å². The van der Waals surface area contributed by atoms with Gasteiger partial charge in [0.15, 0.2) is 0 Å². The lowest BCUT2D eigenvalue weighted by molar-refractivity contribution is 0.0980. The van der Waals surface area contributed by atoms with E-state index in [1.54, 1.807) is 41.2 Å². The highest BCUT2D eigenvalue weighted by atomic mass is 35.5. The molecule has 3 rings (SSSR count). The number of nitrogens with zero attached hydrogens (tertiary/aromatic N) is 2. The lowest BCUT2D eigenvalue weighted by Gasteiger charge is -2.28. The van der Waals surface area contributed by atoms with Gasteiger partial charge in [-0.25, -0.2) is 0 Å². The van der Waals surface area contributed by atoms with Crippen LogP contribution >= 0.6 is 23.4 Å². The van der Waals surface area contributed by atoms with Crippen LogP contribution in [0.15, 0.2) is 41.6 Å². The van der Waals surface area contributed by atoms with Crippen LogP contribution in [0.1, 0.15) is 15.9 Å². The first kappa shape index (κ1) is 13.5. The first-order valence-corrected chi connectivity index (χ1v) is 7.88. The molecule has 0 bridgehead atoms. The third-order valence-corrected chi connectivity index (χ3v) is 4.32. The average Bonchev–Trinajstić information content (AvgIpc) is 2.47. The van der Waals surface area contributed by atoms with Gasteiger partial charge in [-0.3, -0.25) is 9.78 Å². The number of pyridine rings is 1. The van der Waals surface area contributed by atoms with Crippen molar-refractivity contribution in [2.45, 2.75) is 11.3 Å². The zero-order valence-corrected chi connectivity index (χ0v) is 12.5. The van der Waals surface area contributed by atoms with Crippen molar-refractivity contribution in [1.82, 2.24) is 4.98 Å². The summed E-state index contributed by atoms with van der Waals surface area (Å²) in [6, 6.07) is 7.44. The molecule has 1 aliphatic rings. The van der Waals surface area contributed by atoms with Gasteiger partial charge in [0.2, 0.25) is 0 Å². The number of amides is 1. The molecule has 1 amide bonds. The van der Waals surface area contributed by atoms with Gasteiger partial charge in [-0.05, 0) is 42.5 Å². The lowest BCUT2D eigenvalue weighted by Crippen LogP contribution is -2.37. The SMILES string of the molecule is CSc1cncc(N2CCc3cc(Cl)ccc3C2=O)c1. The summed E-state index contributed by atoms with van der Waals surface area (Å²) < 4.78 is 0. The summed E-state index contributed by atoms with van der Waals surface area (Å²) >= 11 is 7.60. The number of aromatic nitrogens is 1. The molecule has 3 nitrogen and oxygen atoms in total. The van der Waals surface area contributed by atoms with Crippen LogP contribution in [0, 0.1) is 0 Å². The number of halogens is 1. The van der Waals surface area contributed by atoms with Crippen molar-refractivity contribution in [3.05, 3.63) is 52.8 Å². The fourth-order valence-corrected chi connectivity index (χ4v) is 2.97. The Balaban J connectivity index is 1.97. The van der Waals surface area contributed by atoms with Crippen molar-refractivity contribution in [2.75, 3.05) is 17.7 Å². The molecule has 0 saturated carbocycles. The summed E-state index contributed by atoms with van der Waals surface area (Å²) in [5, 5.41) is 0.677. The number of anilines is 1. The fraction of sp³-hybridized carbons (Fsp3) is 0.200. The molecule has 1 aliphatic heterocycles. The Morgan fingerprint density at radius 1 is 1.30 bits per heavy atom. The van der Waals surface area contributed by atoms with Gasteiger partial charge in [-0.15, -0.1) is 11.8 Å². The van der Waals surface area contributed by atoms with Crippen LogP contribution in [-0.4, -0.2) is 23.7 Å². The largest absolute Gasteiger partial charge is 0.306 e. The molecule has 1 aromatic heterocycles. The van der Waals surface area contributed by atoms with E-state index in [4.69, 9.17) is 11.6 Å². The van der Waals surface area contributed by atoms with E-state index in [2.05, 4.69) is 4.98 Å². The second kappa shape index (κ2) is 5.46. The van der Waals surface area contributed by atoms with Crippen LogP contribution in [0.25, 0.3) is 0 Å². The molecular weight excluding hydrogens is 292 g/mol. The Bertz CT molecular complexity index is 675. The van der Waals surface area contributed by atoms with Crippen LogP contribution in [0.4, 0.5) is 5.69 Å². The molecule has 0 fully saturated rings. The fourth-order valence-electron chi connectivity index (χ4n) is 2.37. The Hall–Kier alpha value is -1.52. The number of hydrogen-bond acceptors (Lipinski definition) is 3. The maximum absolute atomic E-state index is 12.6. The molecule has 0 N–H and O–H groups in total. The number of rotatable bonds is 2. The predicted molar refractivity (Wildman–Crippen MR) is 82.9 cm³/mol. The molecule has 5 heteroatoms. The van der Waals surface area contributed by atoms with Crippen LogP contribution in [0.3, 0.4) is 0 Å². The molecule has 102 valence electrons. The van der Waals surface area contributed by atoms with Gasteiger partial charge in [0.1, 0.15) is 0 Å². The highest BCUT2D eigenvalue weighted by Crippen LogP contribution is 2.28. The second-order valence-electron chi connectivity index (χ2n) is 4.59. The van der Waals surface area contributed by atoms with E-state index in [0.717, 1.165) is 28.1 Å². The van der Waals surface area contributed by atoms with E-state index >= 15 is 0 Å². The zero-order chi connectivity index (χ0) is 14.1. The minimum Gasteiger partial charge on any atom is -0.306 e. The maximum atomic E-state index is 12.6. The van der Waals surface area contributed by atoms with Gasteiger partial charge in [-0.2, -0.15) is 0 Å². The summed E-state index contributed by atoms with van der Waals surface area (Å²) in [5.74, 6) is 0.0166. The molecule has 20 heavy (non-hydrogen) atoms. The lowest BCUT2D eigenvalue weighted by atomic mass is 9.99. The predicted octanol–water partition coefficient (Wildman–Crippen LogP) is 3.66. The molecule has 2 heterocycles. The first-order chi connectivity index (χ1) is 9.69. The van der Waals surface area contributed by atoms with Crippen molar-refractivity contribution in [2.24, 2.45) is 0 Å². The van der Waals surface area contributed by atoms with Crippen molar-refractivity contribution >= 4 is 35.0 Å². The Kier molecular flexibility index (Phi) is 3.68. The monoisotopic (exact) mass is 304 g/mol. The Labute approximate surface area is 127 Å². The van der Waals surface area contributed by atoms with Crippen molar-refractivity contribution in [3.63, 3.8) is 0 Å². The quantitative estimate of drug-likeness (QED) is 0.794. The normalized spacial score (nSPS) is 14.3. The number of carbonyl (C=O) groups is 1. The maximum Gasteiger partial charge on any atom is 0.258 e. The minimum atomic E-state index is 0.0166. The number of hydrogen-bond donors (Lipinski definition) is 0. The Morgan fingerprint density at radius 2 is 2.15 bits per heavy atom. The van der Waals surface area contributed by atoms with Gasteiger partial charge in [0.25, 0.3) is 5.91 Å². The van der Waals surface area contributed by atoms with Crippen molar-refractivity contribution in [1.29, 1.82) is 0 Å². The summed E-state index contributed by atoms with van der Waals surface area (Å²) in [4.78, 5) is 19.6. The average molecular weight is 305 g/mol. The summed E-state index contributed by atoms with van der Waals surface area (Å²) in [5.41, 5.74) is 2.60. The molecule has 2 aromatic rings. The molecule has 0 radical (unpaired) electrons. The van der Waals surface area contributed by atoms with E-state index in [0.29, 0.717) is 11.6 Å². The smallest absolute Gasteiger partial charge is 0.258 e. The summed E-state index contributed by atoms with van der Waals surface area (Å²) in [6.45, 7) is 0.658. The first-order valence-electron chi connectivity index (χ1n) is 6.28. The number of thioether (sulfide) groups is 1. The Morgan fingerprint density at radius 3 is 2.95 bits per heavy atom. The highest BCUT2D eigenvalue weighted by Gasteiger charge is 2.25. The van der Waals surface area contributed by atoms with Gasteiger partial charge >= 0.3 is 0 Å². The topological polar surface area (TPSA) is 33.2 Å². The molecule has 0 unspecified atom stereocenters. The number of fused-ring (bicyclic) bond motifs is 1. The minimum absolute atomic E-state index is 0.0166. The highest BCUT2D eigenvalue weighted by molar-refractivity contribution is 7.98. The van der Waals surface area contributed by atoms with Gasteiger partial charge < -0.3 is 4.90 Å². The van der Waals surface area contributed by atoms with Crippen molar-refractivity contribution < 1.29 is 4.79 Å². The van der Waals surface area contributed by atoms with Crippen LogP contribution in [0.5, 0.6) is 0 Å². The van der Waals surface area contributed by atoms with E-state index in [1.165, 1.54) is 0 Å². The van der Waals surface area contributed by atoms with E-state index in [-0.39, 0.29) is 5.91 Å². The van der Waals surface area contributed by atoms with Gasteiger partial charge in [0, 0.05) is 28.2 Å². The van der Waals surface area contributed by atoms with E-state index < -0.39 is 0 Å². The third kappa shape index (κ3) is 2.41.